The predicted molar refractivity (Wildman–Crippen MR) is 261 cm³/mol. The van der Waals surface area contributed by atoms with E-state index in [1.54, 1.807) is 0 Å². The van der Waals surface area contributed by atoms with E-state index in [1.165, 1.54) is 98.1 Å². The third-order valence-electron chi connectivity index (χ3n) is 13.2. The van der Waals surface area contributed by atoms with Gasteiger partial charge in [-0.1, -0.05) is 154 Å². The van der Waals surface area contributed by atoms with Crippen LogP contribution >= 0.6 is 11.8 Å². The Labute approximate surface area is 361 Å². The second-order valence-electron chi connectivity index (χ2n) is 17.9. The van der Waals surface area contributed by atoms with Gasteiger partial charge in [0.1, 0.15) is 11.2 Å². The molecule has 0 aliphatic carbocycles. The molecule has 8 aromatic carbocycles. The lowest BCUT2D eigenvalue weighted by Gasteiger charge is -2.42. The molecule has 2 aliphatic rings. The first kappa shape index (κ1) is 36.4. The van der Waals surface area contributed by atoms with E-state index in [0.29, 0.717) is 0 Å². The molecule has 0 atom stereocenters. The number of aromatic nitrogens is 1. The van der Waals surface area contributed by atoms with E-state index in [4.69, 9.17) is 4.42 Å². The summed E-state index contributed by atoms with van der Waals surface area (Å²) in [6.07, 6.45) is 3.09. The van der Waals surface area contributed by atoms with Crippen LogP contribution in [0, 0.1) is 0 Å². The maximum atomic E-state index is 6.89. The normalized spacial score (nSPS) is 13.3. The zero-order valence-electron chi connectivity index (χ0n) is 35.0. The van der Waals surface area contributed by atoms with Gasteiger partial charge in [0.25, 0.3) is 0 Å². The highest BCUT2D eigenvalue weighted by Crippen LogP contribution is 2.48. The van der Waals surface area contributed by atoms with E-state index < -0.39 is 0 Å². The molecule has 0 radical (unpaired) electrons. The molecule has 0 amide bonds. The van der Waals surface area contributed by atoms with Crippen LogP contribution in [-0.2, 0) is 11.8 Å². The number of anilines is 3. The fourth-order valence-corrected chi connectivity index (χ4v) is 11.4. The van der Waals surface area contributed by atoms with E-state index in [-0.39, 0.29) is 12.1 Å². The van der Waals surface area contributed by atoms with E-state index in [2.05, 4.69) is 201 Å². The molecule has 2 aliphatic heterocycles. The number of rotatable bonds is 6. The van der Waals surface area contributed by atoms with Crippen LogP contribution in [0.25, 0.3) is 60.6 Å². The highest BCUT2D eigenvalue weighted by atomic mass is 32.2. The molecular formula is C56H45BN2OS. The standard InChI is InChI=1S/C56H45BN2OS/c1-5-6-18-43-48(29-27-42-41-21-12-15-24-51(41)60-55(42)43)59-49-34-38(58-46-22-13-10-19-39(46)40-20-11-14-23-47(40)58)26-28-44(49)57-45-31-36(35-16-8-7-9-17-35)25-30-52(45)61-53-33-37(56(2,3)4)32-50(59)54(53)57/h7-17,19-34H,5-6,18H2,1-4H3. The van der Waals surface area contributed by atoms with Crippen LogP contribution in [0.3, 0.4) is 0 Å². The summed E-state index contributed by atoms with van der Waals surface area (Å²) in [4.78, 5) is 5.29. The Kier molecular flexibility index (Phi) is 8.24. The molecule has 0 bridgehead atoms. The Hall–Kier alpha value is -6.43. The van der Waals surface area contributed by atoms with Gasteiger partial charge < -0.3 is 13.9 Å². The molecule has 0 unspecified atom stereocenters. The van der Waals surface area contributed by atoms with Crippen molar-refractivity contribution in [2.24, 2.45) is 0 Å². The minimum atomic E-state index is -0.0659. The van der Waals surface area contributed by atoms with Gasteiger partial charge >= 0.3 is 0 Å². The molecule has 3 nitrogen and oxygen atoms in total. The smallest absolute Gasteiger partial charge is 0.249 e. The lowest BCUT2D eigenvalue weighted by molar-refractivity contribution is 0.589. The van der Waals surface area contributed by atoms with Crippen LogP contribution < -0.4 is 21.3 Å². The Morgan fingerprint density at radius 2 is 1.30 bits per heavy atom. The zero-order chi connectivity index (χ0) is 41.0. The fraction of sp³-hybridized carbons (Fsp3) is 0.143. The average Bonchev–Trinajstić information content (AvgIpc) is 3.84. The van der Waals surface area contributed by atoms with E-state index in [9.17, 15) is 0 Å². The largest absolute Gasteiger partial charge is 0.456 e. The van der Waals surface area contributed by atoms with Crippen LogP contribution in [0.5, 0.6) is 0 Å². The number of benzene rings is 8. The van der Waals surface area contributed by atoms with Crippen LogP contribution in [-0.4, -0.2) is 11.3 Å². The first-order chi connectivity index (χ1) is 29.9. The van der Waals surface area contributed by atoms with Crippen molar-refractivity contribution in [1.29, 1.82) is 0 Å². The first-order valence-corrected chi connectivity index (χ1v) is 22.6. The predicted octanol–water partition coefficient (Wildman–Crippen LogP) is 13.8. The average molecular weight is 805 g/mol. The lowest BCUT2D eigenvalue weighted by Crippen LogP contribution is -2.60. The summed E-state index contributed by atoms with van der Waals surface area (Å²) < 4.78 is 9.36. The Bertz CT molecular complexity index is 3340. The van der Waals surface area contributed by atoms with Crippen molar-refractivity contribution >= 4 is 95.7 Å². The molecule has 12 rings (SSSR count). The Morgan fingerprint density at radius 1 is 0.574 bits per heavy atom. The molecule has 0 saturated heterocycles. The molecule has 2 aromatic heterocycles. The summed E-state index contributed by atoms with van der Waals surface area (Å²) >= 11 is 1.93. The summed E-state index contributed by atoms with van der Waals surface area (Å²) in [6.45, 7) is 9.38. The van der Waals surface area contributed by atoms with Crippen molar-refractivity contribution in [3.8, 4) is 16.8 Å². The van der Waals surface area contributed by atoms with Gasteiger partial charge in [-0.2, -0.15) is 0 Å². The Balaban J connectivity index is 1.19. The fourth-order valence-electron chi connectivity index (χ4n) is 10.2. The number of aryl methyl sites for hydroxylation is 1. The topological polar surface area (TPSA) is 21.3 Å². The maximum absolute atomic E-state index is 6.89. The number of hydrogen-bond acceptors (Lipinski definition) is 3. The van der Waals surface area contributed by atoms with E-state index in [1.807, 2.05) is 11.8 Å². The molecule has 0 fully saturated rings. The van der Waals surface area contributed by atoms with Crippen LogP contribution in [0.15, 0.2) is 178 Å². The number of nitrogens with zero attached hydrogens (tertiary/aromatic N) is 2. The molecule has 5 heteroatoms. The van der Waals surface area contributed by atoms with Crippen molar-refractivity contribution in [2.45, 2.75) is 62.2 Å². The molecule has 0 saturated carbocycles. The molecule has 0 N–H and O–H groups in total. The van der Waals surface area contributed by atoms with Crippen molar-refractivity contribution in [3.63, 3.8) is 0 Å². The zero-order valence-corrected chi connectivity index (χ0v) is 35.8. The van der Waals surface area contributed by atoms with Gasteiger partial charge in [0, 0.05) is 54.0 Å². The minimum absolute atomic E-state index is 0.0476. The summed E-state index contributed by atoms with van der Waals surface area (Å²) in [7, 11) is 0. The lowest BCUT2D eigenvalue weighted by atomic mass is 9.34. The van der Waals surface area contributed by atoms with E-state index in [0.717, 1.165) is 36.1 Å². The van der Waals surface area contributed by atoms with Gasteiger partial charge in [-0.25, -0.2) is 0 Å². The monoisotopic (exact) mass is 804 g/mol. The van der Waals surface area contributed by atoms with E-state index >= 15 is 0 Å². The quantitative estimate of drug-likeness (QED) is 0.156. The maximum Gasteiger partial charge on any atom is 0.249 e. The molecule has 294 valence electrons. The molecule has 0 spiro atoms. The molecule has 10 aromatic rings. The molecule has 61 heavy (non-hydrogen) atoms. The van der Waals surface area contributed by atoms with Gasteiger partial charge in [0.2, 0.25) is 6.71 Å². The van der Waals surface area contributed by atoms with Crippen molar-refractivity contribution in [1.82, 2.24) is 4.57 Å². The number of furan rings is 1. The van der Waals surface area contributed by atoms with Crippen LogP contribution in [0.1, 0.15) is 51.7 Å². The number of para-hydroxylation sites is 3. The minimum Gasteiger partial charge on any atom is -0.456 e. The second kappa shape index (κ2) is 13.8. The SMILES string of the molecule is CCCCc1c(N2c3cc(-n4c5ccccc5c5ccccc54)ccc3B3c4cc(-c5ccccc5)ccc4Sc4cc(C(C)(C)C)cc2c43)ccc2c1oc1ccccc12. The van der Waals surface area contributed by atoms with Crippen molar-refractivity contribution < 1.29 is 4.42 Å². The summed E-state index contributed by atoms with van der Waals surface area (Å²) in [5, 5.41) is 4.88. The number of hydrogen-bond donors (Lipinski definition) is 0. The molecular weight excluding hydrogens is 760 g/mol. The van der Waals surface area contributed by atoms with Crippen molar-refractivity contribution in [3.05, 3.63) is 175 Å². The molecule has 4 heterocycles. The Morgan fingerprint density at radius 3 is 2.05 bits per heavy atom. The number of unbranched alkanes of at least 4 members (excludes halogenated alkanes) is 1. The third kappa shape index (κ3) is 5.60. The summed E-state index contributed by atoms with van der Waals surface area (Å²) in [5.74, 6) is 0. The van der Waals surface area contributed by atoms with Crippen LogP contribution in [0.4, 0.5) is 17.1 Å². The second-order valence-corrected chi connectivity index (χ2v) is 19.0. The van der Waals surface area contributed by atoms with Crippen molar-refractivity contribution in [2.75, 3.05) is 4.90 Å². The van der Waals surface area contributed by atoms with Crippen LogP contribution in [0.2, 0.25) is 0 Å². The van der Waals surface area contributed by atoms with Gasteiger partial charge in [-0.15, -0.1) is 0 Å². The van der Waals surface area contributed by atoms with Gasteiger partial charge in [-0.05, 0) is 107 Å². The van der Waals surface area contributed by atoms with Gasteiger partial charge in [0.15, 0.2) is 0 Å². The summed E-state index contributed by atoms with van der Waals surface area (Å²) in [5.41, 5.74) is 18.3. The summed E-state index contributed by atoms with van der Waals surface area (Å²) in [6, 6.07) is 61.2. The number of fused-ring (bicyclic) bond motifs is 10. The highest BCUT2D eigenvalue weighted by Gasteiger charge is 2.43. The van der Waals surface area contributed by atoms with Gasteiger partial charge in [-0.3, -0.25) is 0 Å². The van der Waals surface area contributed by atoms with Gasteiger partial charge in [0.05, 0.1) is 16.7 Å². The first-order valence-electron chi connectivity index (χ1n) is 21.8. The third-order valence-corrected chi connectivity index (χ3v) is 14.4. The highest BCUT2D eigenvalue weighted by molar-refractivity contribution is 8.00.